The van der Waals surface area contributed by atoms with Crippen molar-refractivity contribution in [1.29, 1.82) is 0 Å². The van der Waals surface area contributed by atoms with E-state index in [1.54, 1.807) is 11.3 Å². The predicted molar refractivity (Wildman–Crippen MR) is 102 cm³/mol. The van der Waals surface area contributed by atoms with Gasteiger partial charge >= 0.3 is 0 Å². The van der Waals surface area contributed by atoms with Gasteiger partial charge in [-0.05, 0) is 18.4 Å². The SMILES string of the molecule is C[C@@H](NC(=O)C[NH2+]C(c1ccccc1)c1ccccc1)c1cccs1. The first-order chi connectivity index (χ1) is 12.2. The van der Waals surface area contributed by atoms with Gasteiger partial charge in [0.25, 0.3) is 5.91 Å². The molecule has 2 aromatic carbocycles. The lowest BCUT2D eigenvalue weighted by molar-refractivity contribution is -0.676. The summed E-state index contributed by atoms with van der Waals surface area (Å²) in [6.45, 7) is 2.42. The minimum absolute atomic E-state index is 0.0489. The van der Waals surface area contributed by atoms with Crippen LogP contribution in [0.15, 0.2) is 78.2 Å². The van der Waals surface area contributed by atoms with Crippen molar-refractivity contribution in [3.63, 3.8) is 0 Å². The monoisotopic (exact) mass is 351 g/mol. The van der Waals surface area contributed by atoms with E-state index < -0.39 is 0 Å². The van der Waals surface area contributed by atoms with Gasteiger partial charge in [-0.15, -0.1) is 11.3 Å². The number of nitrogens with one attached hydrogen (secondary N) is 1. The highest BCUT2D eigenvalue weighted by Crippen LogP contribution is 2.19. The zero-order valence-electron chi connectivity index (χ0n) is 14.3. The Kier molecular flexibility index (Phi) is 5.99. The molecular formula is C21H23N2OS+. The molecular weight excluding hydrogens is 328 g/mol. The summed E-state index contributed by atoms with van der Waals surface area (Å²) in [4.78, 5) is 13.6. The lowest BCUT2D eigenvalue weighted by Crippen LogP contribution is -2.87. The summed E-state index contributed by atoms with van der Waals surface area (Å²) >= 11 is 1.67. The predicted octanol–water partition coefficient (Wildman–Crippen LogP) is 3.28. The minimum atomic E-state index is 0.0489. The van der Waals surface area contributed by atoms with E-state index in [0.29, 0.717) is 6.54 Å². The highest BCUT2D eigenvalue weighted by molar-refractivity contribution is 7.10. The summed E-state index contributed by atoms with van der Waals surface area (Å²) in [6, 6.07) is 24.9. The van der Waals surface area contributed by atoms with Gasteiger partial charge in [0.15, 0.2) is 6.54 Å². The van der Waals surface area contributed by atoms with Crippen LogP contribution in [0.5, 0.6) is 0 Å². The Morgan fingerprint density at radius 2 is 1.56 bits per heavy atom. The normalized spacial score (nSPS) is 12.1. The van der Waals surface area contributed by atoms with E-state index in [-0.39, 0.29) is 18.0 Å². The Morgan fingerprint density at radius 3 is 2.08 bits per heavy atom. The van der Waals surface area contributed by atoms with E-state index in [1.165, 1.54) is 16.0 Å². The topological polar surface area (TPSA) is 45.7 Å². The molecule has 1 aromatic heterocycles. The average molecular weight is 351 g/mol. The molecule has 0 aliphatic carbocycles. The first-order valence-corrected chi connectivity index (χ1v) is 9.38. The third kappa shape index (κ3) is 4.78. The van der Waals surface area contributed by atoms with Gasteiger partial charge in [0, 0.05) is 16.0 Å². The summed E-state index contributed by atoms with van der Waals surface area (Å²) in [7, 11) is 0. The summed E-state index contributed by atoms with van der Waals surface area (Å²) in [5.74, 6) is 0.0535. The van der Waals surface area contributed by atoms with E-state index in [4.69, 9.17) is 0 Å². The van der Waals surface area contributed by atoms with Crippen LogP contribution in [0, 0.1) is 0 Å². The molecule has 1 atom stereocenters. The van der Waals surface area contributed by atoms with Crippen molar-refractivity contribution in [3.8, 4) is 0 Å². The molecule has 0 unspecified atom stereocenters. The van der Waals surface area contributed by atoms with Crippen LogP contribution in [0.1, 0.15) is 35.0 Å². The van der Waals surface area contributed by atoms with Crippen molar-refractivity contribution in [1.82, 2.24) is 5.32 Å². The minimum Gasteiger partial charge on any atom is -0.344 e. The molecule has 0 radical (unpaired) electrons. The van der Waals surface area contributed by atoms with Gasteiger partial charge < -0.3 is 10.6 Å². The molecule has 3 aromatic rings. The zero-order valence-corrected chi connectivity index (χ0v) is 15.1. The van der Waals surface area contributed by atoms with Gasteiger partial charge in [0.2, 0.25) is 0 Å². The van der Waals surface area contributed by atoms with Gasteiger partial charge in [-0.3, -0.25) is 4.79 Å². The van der Waals surface area contributed by atoms with Crippen LogP contribution < -0.4 is 10.6 Å². The average Bonchev–Trinajstić information content (AvgIpc) is 3.18. The lowest BCUT2D eigenvalue weighted by atomic mass is 9.99. The van der Waals surface area contributed by atoms with Crippen molar-refractivity contribution in [2.24, 2.45) is 0 Å². The number of quaternary nitrogens is 1. The number of carbonyl (C=O) groups excluding carboxylic acids is 1. The highest BCUT2D eigenvalue weighted by Gasteiger charge is 2.19. The van der Waals surface area contributed by atoms with Crippen LogP contribution in [0.2, 0.25) is 0 Å². The number of carbonyl (C=O) groups is 1. The molecule has 25 heavy (non-hydrogen) atoms. The van der Waals surface area contributed by atoms with Gasteiger partial charge in [-0.2, -0.15) is 0 Å². The molecule has 0 bridgehead atoms. The third-order valence-electron chi connectivity index (χ3n) is 4.20. The van der Waals surface area contributed by atoms with Crippen LogP contribution in [-0.4, -0.2) is 12.5 Å². The van der Waals surface area contributed by atoms with Gasteiger partial charge in [-0.25, -0.2) is 0 Å². The van der Waals surface area contributed by atoms with Crippen LogP contribution in [-0.2, 0) is 4.79 Å². The van der Waals surface area contributed by atoms with E-state index in [0.717, 1.165) is 0 Å². The van der Waals surface area contributed by atoms with Gasteiger partial charge in [-0.1, -0.05) is 66.7 Å². The zero-order chi connectivity index (χ0) is 17.5. The van der Waals surface area contributed by atoms with E-state index in [1.807, 2.05) is 54.8 Å². The third-order valence-corrected chi connectivity index (χ3v) is 5.26. The van der Waals surface area contributed by atoms with Crippen LogP contribution in [0.25, 0.3) is 0 Å². The smallest absolute Gasteiger partial charge is 0.275 e. The molecule has 0 spiro atoms. The molecule has 4 heteroatoms. The molecule has 1 heterocycles. The largest absolute Gasteiger partial charge is 0.344 e. The fourth-order valence-electron chi connectivity index (χ4n) is 2.92. The molecule has 0 fully saturated rings. The second-order valence-electron chi connectivity index (χ2n) is 6.04. The first kappa shape index (κ1) is 17.4. The summed E-state index contributed by atoms with van der Waals surface area (Å²) in [5, 5.41) is 7.21. The summed E-state index contributed by atoms with van der Waals surface area (Å²) < 4.78 is 0. The second-order valence-corrected chi connectivity index (χ2v) is 7.02. The number of hydrogen-bond donors (Lipinski definition) is 2. The number of amides is 1. The molecule has 3 nitrogen and oxygen atoms in total. The lowest BCUT2D eigenvalue weighted by Gasteiger charge is -2.17. The molecule has 0 saturated carbocycles. The maximum absolute atomic E-state index is 12.4. The maximum atomic E-state index is 12.4. The number of benzene rings is 2. The summed E-state index contributed by atoms with van der Waals surface area (Å²) in [6.07, 6.45) is 0. The first-order valence-electron chi connectivity index (χ1n) is 8.50. The standard InChI is InChI=1S/C21H22N2OS/c1-16(19-13-8-14-25-19)23-20(24)15-22-21(17-9-4-2-5-10-17)18-11-6-3-7-12-18/h2-14,16,21-22H,15H2,1H3,(H,23,24)/p+1/t16-/m1/s1. The van der Waals surface area contributed by atoms with Crippen LogP contribution in [0.3, 0.4) is 0 Å². The van der Waals surface area contributed by atoms with Crippen molar-refractivity contribution < 1.29 is 10.1 Å². The fourth-order valence-corrected chi connectivity index (χ4v) is 3.65. The van der Waals surface area contributed by atoms with Crippen molar-refractivity contribution in [2.75, 3.05) is 6.54 Å². The van der Waals surface area contributed by atoms with Crippen molar-refractivity contribution in [2.45, 2.75) is 19.0 Å². The van der Waals surface area contributed by atoms with E-state index in [2.05, 4.69) is 41.0 Å². The molecule has 3 rings (SSSR count). The highest BCUT2D eigenvalue weighted by atomic mass is 32.1. The molecule has 128 valence electrons. The van der Waals surface area contributed by atoms with E-state index >= 15 is 0 Å². The maximum Gasteiger partial charge on any atom is 0.275 e. The van der Waals surface area contributed by atoms with Gasteiger partial charge in [0.1, 0.15) is 6.04 Å². The number of hydrogen-bond acceptors (Lipinski definition) is 2. The van der Waals surface area contributed by atoms with Crippen LogP contribution in [0.4, 0.5) is 0 Å². The second kappa shape index (κ2) is 8.60. The molecule has 0 aliphatic rings. The Balaban J connectivity index is 1.66. The van der Waals surface area contributed by atoms with Crippen molar-refractivity contribution >= 4 is 17.2 Å². The molecule has 0 aliphatic heterocycles. The molecule has 0 saturated heterocycles. The molecule has 1 amide bonds. The Labute approximate surface area is 152 Å². The number of nitrogens with two attached hydrogens (primary N) is 1. The van der Waals surface area contributed by atoms with Gasteiger partial charge in [0.05, 0.1) is 6.04 Å². The Morgan fingerprint density at radius 1 is 0.960 bits per heavy atom. The van der Waals surface area contributed by atoms with E-state index in [9.17, 15) is 4.79 Å². The van der Waals surface area contributed by atoms with Crippen LogP contribution >= 0.6 is 11.3 Å². The fraction of sp³-hybridized carbons (Fsp3) is 0.190. The number of thiophene rings is 1. The number of rotatable bonds is 7. The Hall–Kier alpha value is -2.43. The quantitative estimate of drug-likeness (QED) is 0.674. The Bertz CT molecular complexity index is 733. The molecule has 3 N–H and O–H groups in total. The van der Waals surface area contributed by atoms with Crippen molar-refractivity contribution in [3.05, 3.63) is 94.2 Å². The summed E-state index contributed by atoms with van der Waals surface area (Å²) in [5.41, 5.74) is 2.40.